The molecular formula is C14H14N4O2. The van der Waals surface area contributed by atoms with Gasteiger partial charge in [-0.25, -0.2) is 4.68 Å². The molecule has 0 fully saturated rings. The highest BCUT2D eigenvalue weighted by Crippen LogP contribution is 2.12. The van der Waals surface area contributed by atoms with E-state index in [9.17, 15) is 10.1 Å². The summed E-state index contributed by atoms with van der Waals surface area (Å²) in [6, 6.07) is 6.20. The molecule has 0 amide bonds. The molecular weight excluding hydrogens is 256 g/mol. The third-order valence-corrected chi connectivity index (χ3v) is 2.76. The molecule has 1 heterocycles. The van der Waals surface area contributed by atoms with Crippen molar-refractivity contribution >= 4 is 17.8 Å². The van der Waals surface area contributed by atoms with Crippen LogP contribution < -0.4 is 10.7 Å². The predicted octanol–water partition coefficient (Wildman–Crippen LogP) is 1.33. The maximum absolute atomic E-state index is 10.7. The first-order valence-corrected chi connectivity index (χ1v) is 6.13. The summed E-state index contributed by atoms with van der Waals surface area (Å²) in [7, 11) is 0. The summed E-state index contributed by atoms with van der Waals surface area (Å²) in [5.74, 6) is 0. The fourth-order valence-electron chi connectivity index (χ4n) is 1.76. The second-order valence-corrected chi connectivity index (χ2v) is 4.03. The van der Waals surface area contributed by atoms with Crippen LogP contribution in [0.2, 0.25) is 0 Å². The van der Waals surface area contributed by atoms with Crippen LogP contribution in [0.3, 0.4) is 0 Å². The van der Waals surface area contributed by atoms with E-state index in [1.165, 1.54) is 12.1 Å². The van der Waals surface area contributed by atoms with Gasteiger partial charge in [-0.2, -0.15) is 0 Å². The number of rotatable bonds is 3. The first-order valence-electron chi connectivity index (χ1n) is 6.13. The van der Waals surface area contributed by atoms with Gasteiger partial charge in [0.25, 0.3) is 5.69 Å². The molecule has 0 aliphatic carbocycles. The number of non-ortho nitro benzene ring substituents is 1. The van der Waals surface area contributed by atoms with Crippen molar-refractivity contribution in [3.05, 3.63) is 57.2 Å². The Morgan fingerprint density at radius 1 is 1.25 bits per heavy atom. The van der Waals surface area contributed by atoms with Crippen LogP contribution in [0.5, 0.6) is 0 Å². The summed E-state index contributed by atoms with van der Waals surface area (Å²) in [6.07, 6.45) is 7.57. The van der Waals surface area contributed by atoms with Gasteiger partial charge in [0, 0.05) is 12.1 Å². The molecule has 0 spiro atoms. The molecule has 6 heteroatoms. The van der Waals surface area contributed by atoms with E-state index in [1.807, 2.05) is 38.2 Å². The Morgan fingerprint density at radius 2 is 1.95 bits per heavy atom. The van der Waals surface area contributed by atoms with Crippen LogP contribution in [-0.4, -0.2) is 19.9 Å². The number of aromatic nitrogens is 3. The van der Waals surface area contributed by atoms with E-state index >= 15 is 0 Å². The molecule has 20 heavy (non-hydrogen) atoms. The lowest BCUT2D eigenvalue weighted by Gasteiger charge is -2.00. The Hall–Kier alpha value is -2.76. The molecule has 1 aromatic heterocycles. The molecule has 0 saturated heterocycles. The Balaban J connectivity index is 2.59. The van der Waals surface area contributed by atoms with Crippen LogP contribution in [0.15, 0.2) is 36.4 Å². The van der Waals surface area contributed by atoms with Crippen LogP contribution in [0.4, 0.5) is 5.69 Å². The zero-order valence-corrected chi connectivity index (χ0v) is 11.2. The highest BCUT2D eigenvalue weighted by atomic mass is 16.6. The van der Waals surface area contributed by atoms with Crippen LogP contribution >= 0.6 is 0 Å². The van der Waals surface area contributed by atoms with Gasteiger partial charge < -0.3 is 0 Å². The summed E-state index contributed by atoms with van der Waals surface area (Å²) in [6.45, 7) is 3.81. The van der Waals surface area contributed by atoms with Crippen LogP contribution in [0.25, 0.3) is 17.8 Å². The van der Waals surface area contributed by atoms with Gasteiger partial charge in [-0.3, -0.25) is 10.1 Å². The van der Waals surface area contributed by atoms with E-state index in [0.717, 1.165) is 16.4 Å². The summed E-state index contributed by atoms with van der Waals surface area (Å²) in [4.78, 5) is 10.2. The molecule has 2 rings (SSSR count). The highest BCUT2D eigenvalue weighted by Gasteiger charge is 2.06. The average molecular weight is 270 g/mol. The molecule has 0 aliphatic heterocycles. The quantitative estimate of drug-likeness (QED) is 0.623. The van der Waals surface area contributed by atoms with Gasteiger partial charge in [0.2, 0.25) is 0 Å². The standard InChI is InChI=1S/C14H14N4O2/c1-3-5-6-14-13(4-2)15-16-17(14)11-7-9-12(10-8-11)18(19)20/h3-10H,1-2H3/b5-3-,13-4+,14-6+. The van der Waals surface area contributed by atoms with Crippen molar-refractivity contribution < 1.29 is 4.92 Å². The lowest BCUT2D eigenvalue weighted by Crippen LogP contribution is -2.29. The fraction of sp³-hybridized carbons (Fsp3) is 0.143. The molecule has 0 N–H and O–H groups in total. The number of hydrogen-bond acceptors (Lipinski definition) is 4. The summed E-state index contributed by atoms with van der Waals surface area (Å²) >= 11 is 0. The molecule has 2 aromatic rings. The number of nitro benzene ring substituents is 1. The first kappa shape index (κ1) is 13.7. The molecule has 0 atom stereocenters. The van der Waals surface area contributed by atoms with E-state index in [0.29, 0.717) is 0 Å². The van der Waals surface area contributed by atoms with Gasteiger partial charge >= 0.3 is 0 Å². The van der Waals surface area contributed by atoms with Crippen molar-refractivity contribution in [2.45, 2.75) is 13.8 Å². The summed E-state index contributed by atoms with van der Waals surface area (Å²) in [5, 5.41) is 20.4. The number of allylic oxidation sites excluding steroid dienone is 2. The van der Waals surface area contributed by atoms with Crippen LogP contribution in [0, 0.1) is 10.1 Å². The molecule has 0 radical (unpaired) electrons. The SMILES string of the molecule is C\C=C/C=c1\c(=C/C)nnn1-c1ccc([N+](=O)[O-])cc1. The Kier molecular flexibility index (Phi) is 4.05. The van der Waals surface area contributed by atoms with Crippen molar-refractivity contribution in [2.24, 2.45) is 0 Å². The van der Waals surface area contributed by atoms with Crippen molar-refractivity contribution in [2.75, 3.05) is 0 Å². The molecule has 0 saturated carbocycles. The van der Waals surface area contributed by atoms with Gasteiger partial charge in [-0.15, -0.1) is 5.10 Å². The molecule has 1 aromatic carbocycles. The van der Waals surface area contributed by atoms with Gasteiger partial charge in [0.1, 0.15) is 5.35 Å². The second kappa shape index (κ2) is 5.92. The Morgan fingerprint density at radius 3 is 2.50 bits per heavy atom. The van der Waals surface area contributed by atoms with E-state index in [4.69, 9.17) is 0 Å². The second-order valence-electron chi connectivity index (χ2n) is 4.03. The minimum absolute atomic E-state index is 0.0510. The third kappa shape index (κ3) is 2.64. The van der Waals surface area contributed by atoms with Gasteiger partial charge in [-0.05, 0) is 32.1 Å². The zero-order valence-electron chi connectivity index (χ0n) is 11.2. The van der Waals surface area contributed by atoms with E-state index < -0.39 is 4.92 Å². The Bertz CT molecular complexity index is 757. The maximum atomic E-state index is 10.7. The third-order valence-electron chi connectivity index (χ3n) is 2.76. The molecule has 102 valence electrons. The molecule has 0 unspecified atom stereocenters. The number of benzene rings is 1. The lowest BCUT2D eigenvalue weighted by molar-refractivity contribution is -0.384. The van der Waals surface area contributed by atoms with Gasteiger partial charge in [0.05, 0.1) is 16.0 Å². The zero-order chi connectivity index (χ0) is 14.5. The molecule has 0 aliphatic rings. The molecule has 0 bridgehead atoms. The minimum atomic E-state index is -0.427. The molecule has 6 nitrogen and oxygen atoms in total. The minimum Gasteiger partial charge on any atom is -0.258 e. The van der Waals surface area contributed by atoms with E-state index in [2.05, 4.69) is 10.3 Å². The normalized spacial score (nSPS) is 13.3. The number of nitrogens with zero attached hydrogens (tertiary/aromatic N) is 4. The van der Waals surface area contributed by atoms with Crippen molar-refractivity contribution in [3.8, 4) is 5.69 Å². The predicted molar refractivity (Wildman–Crippen MR) is 76.7 cm³/mol. The smallest absolute Gasteiger partial charge is 0.258 e. The van der Waals surface area contributed by atoms with Crippen molar-refractivity contribution in [1.82, 2.24) is 15.0 Å². The van der Waals surface area contributed by atoms with Gasteiger partial charge in [0.15, 0.2) is 0 Å². The fourth-order valence-corrected chi connectivity index (χ4v) is 1.76. The van der Waals surface area contributed by atoms with Crippen LogP contribution in [0.1, 0.15) is 13.8 Å². The first-order chi connectivity index (χ1) is 9.67. The summed E-state index contributed by atoms with van der Waals surface area (Å²) in [5.41, 5.74) is 0.780. The average Bonchev–Trinajstić information content (AvgIpc) is 2.88. The van der Waals surface area contributed by atoms with Crippen LogP contribution in [-0.2, 0) is 0 Å². The van der Waals surface area contributed by atoms with Gasteiger partial charge in [-0.1, -0.05) is 23.4 Å². The van der Waals surface area contributed by atoms with Crippen molar-refractivity contribution in [1.29, 1.82) is 0 Å². The van der Waals surface area contributed by atoms with E-state index in [-0.39, 0.29) is 5.69 Å². The maximum Gasteiger partial charge on any atom is 0.269 e. The Labute approximate surface area is 115 Å². The largest absolute Gasteiger partial charge is 0.269 e. The van der Waals surface area contributed by atoms with Crippen molar-refractivity contribution in [3.63, 3.8) is 0 Å². The monoisotopic (exact) mass is 270 g/mol. The highest BCUT2D eigenvalue weighted by molar-refractivity contribution is 5.43. The lowest BCUT2D eigenvalue weighted by atomic mass is 10.3. The summed E-state index contributed by atoms with van der Waals surface area (Å²) < 4.78 is 1.65. The topological polar surface area (TPSA) is 73.8 Å². The number of nitro groups is 1. The van der Waals surface area contributed by atoms with E-state index in [1.54, 1.807) is 16.8 Å². The number of hydrogen-bond donors (Lipinski definition) is 0.